The summed E-state index contributed by atoms with van der Waals surface area (Å²) < 4.78 is 47.7. The zero-order chi connectivity index (χ0) is 22.8. The van der Waals surface area contributed by atoms with E-state index in [1.54, 1.807) is 12.1 Å². The molecule has 0 unspecified atom stereocenters. The summed E-state index contributed by atoms with van der Waals surface area (Å²) in [6, 6.07) is 4.75. The molecule has 1 aliphatic rings. The molecule has 3 N–H and O–H groups in total. The molecule has 148 valence electrons. The molecule has 3 rings (SSSR count). The van der Waals surface area contributed by atoms with Crippen molar-refractivity contribution in [2.45, 2.75) is 23.7 Å². The van der Waals surface area contributed by atoms with Gasteiger partial charge in [-0.25, -0.2) is 13.8 Å². The second kappa shape index (κ2) is 8.05. The summed E-state index contributed by atoms with van der Waals surface area (Å²) in [7, 11) is 0. The molecule has 1 aliphatic carbocycles. The Morgan fingerprint density at radius 3 is 2.82 bits per heavy atom. The van der Waals surface area contributed by atoms with E-state index in [4.69, 9.17) is 4.11 Å². The molecule has 0 radical (unpaired) electrons. The smallest absolute Gasteiger partial charge is 0.273 e. The Balaban J connectivity index is 1.88. The van der Waals surface area contributed by atoms with Crippen LogP contribution in [-0.2, 0) is 4.79 Å². The summed E-state index contributed by atoms with van der Waals surface area (Å²) in [5, 5.41) is 14.5. The first kappa shape index (κ1) is 16.2. The lowest BCUT2D eigenvalue weighted by molar-refractivity contribution is -0.145. The molecule has 2 aromatic rings. The second-order valence-electron chi connectivity index (χ2n) is 6.08. The van der Waals surface area contributed by atoms with Gasteiger partial charge in [-0.2, -0.15) is 0 Å². The lowest BCUT2D eigenvalue weighted by atomic mass is 9.81. The van der Waals surface area contributed by atoms with Gasteiger partial charge >= 0.3 is 0 Å². The van der Waals surface area contributed by atoms with E-state index < -0.39 is 43.5 Å². The summed E-state index contributed by atoms with van der Waals surface area (Å²) in [6.07, 6.45) is 2.22. The highest BCUT2D eigenvalue weighted by Crippen LogP contribution is 2.42. The van der Waals surface area contributed by atoms with E-state index in [0.29, 0.717) is 5.82 Å². The van der Waals surface area contributed by atoms with Crippen molar-refractivity contribution in [1.82, 2.24) is 20.5 Å². The Morgan fingerprint density at radius 2 is 2.14 bits per heavy atom. The van der Waals surface area contributed by atoms with Gasteiger partial charge in [0.15, 0.2) is 11.5 Å². The second-order valence-corrected chi connectivity index (χ2v) is 6.92. The number of nitrogens with zero attached hydrogens (tertiary/aromatic N) is 3. The minimum absolute atomic E-state index is 0.0278. The van der Waals surface area contributed by atoms with Crippen molar-refractivity contribution in [2.75, 3.05) is 23.9 Å². The molecule has 2 aromatic heterocycles. The van der Waals surface area contributed by atoms with Crippen LogP contribution < -0.4 is 16.0 Å². The monoisotopic (exact) mass is 411 g/mol. The Kier molecular flexibility index (Phi) is 4.65. The van der Waals surface area contributed by atoms with Gasteiger partial charge in [0.2, 0.25) is 11.8 Å². The number of alkyl halides is 2. The highest BCUT2D eigenvalue weighted by molar-refractivity contribution is 7.98. The topological polar surface area (TPSA) is 109 Å². The van der Waals surface area contributed by atoms with Crippen molar-refractivity contribution in [3.05, 3.63) is 30.1 Å². The number of hydrogen-bond acceptors (Lipinski definition) is 7. The summed E-state index contributed by atoms with van der Waals surface area (Å²) >= 11 is 1.38. The number of thioether (sulfide) groups is 1. The maximum absolute atomic E-state index is 13.0. The quantitative estimate of drug-likeness (QED) is 0.627. The molecule has 28 heavy (non-hydrogen) atoms. The fourth-order valence-corrected chi connectivity index (χ4v) is 3.14. The van der Waals surface area contributed by atoms with E-state index >= 15 is 0 Å². The molecule has 0 bridgehead atoms. The molecule has 8 nitrogen and oxygen atoms in total. The van der Waals surface area contributed by atoms with Gasteiger partial charge in [0, 0.05) is 47.0 Å². The van der Waals surface area contributed by atoms with Crippen LogP contribution >= 0.6 is 11.8 Å². The van der Waals surface area contributed by atoms with Crippen LogP contribution in [0.5, 0.6) is 0 Å². The van der Waals surface area contributed by atoms with Gasteiger partial charge in [-0.3, -0.25) is 9.59 Å². The van der Waals surface area contributed by atoms with Gasteiger partial charge in [-0.1, -0.05) is 0 Å². The standard InChI is InChI=1S/C17H18F2N6O2S/c1-20-16(27)13-10(22-14-11(28-2)4-3-5-21-14)6-12(24-25-13)23-15(26)9-7-17(18,19)8-9/h3-6,9H,7-8H2,1-2H3,(H,20,27)(H2,21,22,23,24,26)/i1D3. The fourth-order valence-electron chi connectivity index (χ4n) is 2.63. The molecule has 0 aliphatic heterocycles. The third kappa shape index (κ3) is 4.35. The van der Waals surface area contributed by atoms with Gasteiger partial charge in [-0.05, 0) is 18.4 Å². The van der Waals surface area contributed by atoms with E-state index in [9.17, 15) is 18.4 Å². The maximum atomic E-state index is 13.0. The summed E-state index contributed by atoms with van der Waals surface area (Å²) in [6.45, 7) is -2.76. The highest BCUT2D eigenvalue weighted by Gasteiger charge is 2.48. The van der Waals surface area contributed by atoms with Crippen LogP contribution in [0.4, 0.5) is 26.1 Å². The van der Waals surface area contributed by atoms with Crippen LogP contribution in [0.3, 0.4) is 0 Å². The number of halogens is 2. The Bertz CT molecular complexity index is 1000. The first-order chi connectivity index (χ1) is 14.5. The van der Waals surface area contributed by atoms with Crippen LogP contribution in [0.2, 0.25) is 0 Å². The van der Waals surface area contributed by atoms with Crippen molar-refractivity contribution < 1.29 is 22.5 Å². The van der Waals surface area contributed by atoms with Crippen LogP contribution in [-0.4, -0.2) is 46.1 Å². The fraction of sp³-hybridized carbons (Fsp3) is 0.353. The predicted molar refractivity (Wildman–Crippen MR) is 101 cm³/mol. The normalized spacial score (nSPS) is 17.5. The molecular weight excluding hydrogens is 390 g/mol. The zero-order valence-electron chi connectivity index (χ0n) is 17.6. The van der Waals surface area contributed by atoms with E-state index in [2.05, 4.69) is 25.8 Å². The van der Waals surface area contributed by atoms with E-state index in [1.165, 1.54) is 24.0 Å². The van der Waals surface area contributed by atoms with E-state index in [1.807, 2.05) is 11.6 Å². The van der Waals surface area contributed by atoms with E-state index in [0.717, 1.165) is 4.90 Å². The van der Waals surface area contributed by atoms with Crippen LogP contribution in [0.1, 0.15) is 27.4 Å². The van der Waals surface area contributed by atoms with Crippen molar-refractivity contribution >= 4 is 40.9 Å². The number of nitrogens with one attached hydrogen (secondary N) is 3. The minimum atomic E-state index is -2.86. The number of amides is 2. The molecule has 2 heterocycles. The lowest BCUT2D eigenvalue weighted by Gasteiger charge is -2.33. The maximum Gasteiger partial charge on any atom is 0.273 e. The van der Waals surface area contributed by atoms with Crippen molar-refractivity contribution in [2.24, 2.45) is 5.92 Å². The van der Waals surface area contributed by atoms with Crippen LogP contribution in [0, 0.1) is 5.92 Å². The molecule has 0 atom stereocenters. The van der Waals surface area contributed by atoms with Crippen molar-refractivity contribution in [3.63, 3.8) is 0 Å². The van der Waals surface area contributed by atoms with Crippen LogP contribution in [0.25, 0.3) is 0 Å². The van der Waals surface area contributed by atoms with Gasteiger partial charge in [0.25, 0.3) is 5.91 Å². The SMILES string of the molecule is [2H]C([2H])([2H])NC(=O)c1nnc(NC(=O)C2CC(F)(F)C2)cc1Nc1ncccc1SC. The first-order valence-electron chi connectivity index (χ1n) is 9.62. The first-order valence-corrected chi connectivity index (χ1v) is 9.35. The molecule has 11 heteroatoms. The molecule has 0 saturated heterocycles. The molecule has 0 spiro atoms. The van der Waals surface area contributed by atoms with E-state index in [-0.39, 0.29) is 17.2 Å². The van der Waals surface area contributed by atoms with Crippen LogP contribution in [0.15, 0.2) is 29.3 Å². The number of carbonyl (C=O) groups excluding carboxylic acids is 2. The number of carbonyl (C=O) groups is 2. The number of anilines is 3. The van der Waals surface area contributed by atoms with Gasteiger partial charge < -0.3 is 16.0 Å². The Labute approximate surface area is 168 Å². The van der Waals surface area contributed by atoms with Crippen molar-refractivity contribution in [3.8, 4) is 0 Å². The Hall–Kier alpha value is -2.82. The highest BCUT2D eigenvalue weighted by atomic mass is 32.2. The number of aromatic nitrogens is 3. The molecule has 1 saturated carbocycles. The predicted octanol–water partition coefficient (Wildman–Crippen LogP) is 2.68. The minimum Gasteiger partial charge on any atom is -0.354 e. The zero-order valence-corrected chi connectivity index (χ0v) is 15.4. The van der Waals surface area contributed by atoms with Gasteiger partial charge in [0.1, 0.15) is 5.82 Å². The van der Waals surface area contributed by atoms with Crippen molar-refractivity contribution in [1.29, 1.82) is 0 Å². The number of rotatable bonds is 6. The molecule has 0 aromatic carbocycles. The summed E-state index contributed by atoms with van der Waals surface area (Å²) in [5.74, 6) is -5.10. The average Bonchev–Trinajstić information content (AvgIpc) is 2.65. The summed E-state index contributed by atoms with van der Waals surface area (Å²) in [5.41, 5.74) is -0.318. The molecule has 2 amide bonds. The third-order valence-corrected chi connectivity index (χ3v) is 4.85. The third-order valence-electron chi connectivity index (χ3n) is 4.08. The van der Waals surface area contributed by atoms with Gasteiger partial charge in [0.05, 0.1) is 5.69 Å². The van der Waals surface area contributed by atoms with Gasteiger partial charge in [-0.15, -0.1) is 22.0 Å². The summed E-state index contributed by atoms with van der Waals surface area (Å²) in [4.78, 5) is 29.5. The Morgan fingerprint density at radius 1 is 1.36 bits per heavy atom. The average molecular weight is 411 g/mol. The number of pyridine rings is 1. The molecule has 1 fully saturated rings. The number of hydrogen-bond donors (Lipinski definition) is 3. The molecular formula is C17H18F2N6O2S. The largest absolute Gasteiger partial charge is 0.354 e. The lowest BCUT2D eigenvalue weighted by Crippen LogP contribution is -2.42.